The predicted octanol–water partition coefficient (Wildman–Crippen LogP) is 2.40. The highest BCUT2D eigenvalue weighted by Gasteiger charge is 2.21. The van der Waals surface area contributed by atoms with Gasteiger partial charge in [0.1, 0.15) is 6.04 Å². The first-order valence-electron chi connectivity index (χ1n) is 8.92. The van der Waals surface area contributed by atoms with Gasteiger partial charge in [0.25, 0.3) is 5.91 Å². The topological polar surface area (TPSA) is 84.5 Å². The lowest BCUT2D eigenvalue weighted by atomic mass is 10.2. The minimum Gasteiger partial charge on any atom is -0.467 e. The van der Waals surface area contributed by atoms with Crippen molar-refractivity contribution in [1.82, 2.24) is 10.6 Å². The van der Waals surface area contributed by atoms with E-state index in [4.69, 9.17) is 4.74 Å². The zero-order chi connectivity index (χ0) is 20.2. The van der Waals surface area contributed by atoms with Gasteiger partial charge >= 0.3 is 5.97 Å². The fourth-order valence-corrected chi connectivity index (χ4v) is 3.43. The number of benzene rings is 2. The Kier molecular flexibility index (Phi) is 9.07. The SMILES string of the molecule is COC(=O)C(CSCc1ccccc1)NC(=O)CCNC(=O)c1ccccc1. The molecule has 2 rings (SSSR count). The first-order valence-corrected chi connectivity index (χ1v) is 10.1. The smallest absolute Gasteiger partial charge is 0.329 e. The van der Waals surface area contributed by atoms with E-state index in [1.54, 1.807) is 36.0 Å². The molecular weight excluding hydrogens is 376 g/mol. The number of amides is 2. The minimum atomic E-state index is -0.726. The number of carbonyl (C=O) groups is 3. The van der Waals surface area contributed by atoms with Crippen molar-refractivity contribution in [2.45, 2.75) is 18.2 Å². The largest absolute Gasteiger partial charge is 0.467 e. The van der Waals surface area contributed by atoms with Crippen molar-refractivity contribution in [3.8, 4) is 0 Å². The van der Waals surface area contributed by atoms with E-state index in [0.717, 1.165) is 11.3 Å². The molecule has 2 N–H and O–H groups in total. The van der Waals surface area contributed by atoms with Gasteiger partial charge in [-0.15, -0.1) is 0 Å². The summed E-state index contributed by atoms with van der Waals surface area (Å²) in [5.41, 5.74) is 1.68. The van der Waals surface area contributed by atoms with E-state index in [0.29, 0.717) is 11.3 Å². The summed E-state index contributed by atoms with van der Waals surface area (Å²) in [6, 6.07) is 17.9. The normalized spacial score (nSPS) is 11.3. The summed E-state index contributed by atoms with van der Waals surface area (Å²) in [5, 5.41) is 5.37. The van der Waals surface area contributed by atoms with Crippen LogP contribution in [0.2, 0.25) is 0 Å². The molecule has 0 bridgehead atoms. The van der Waals surface area contributed by atoms with Crippen LogP contribution in [0.1, 0.15) is 22.3 Å². The Balaban J connectivity index is 1.75. The van der Waals surface area contributed by atoms with Crippen molar-refractivity contribution < 1.29 is 19.1 Å². The van der Waals surface area contributed by atoms with Crippen LogP contribution >= 0.6 is 11.8 Å². The van der Waals surface area contributed by atoms with Gasteiger partial charge in [0.15, 0.2) is 0 Å². The maximum absolute atomic E-state index is 12.1. The number of nitrogens with one attached hydrogen (secondary N) is 2. The summed E-state index contributed by atoms with van der Waals surface area (Å²) in [4.78, 5) is 36.0. The molecule has 0 aliphatic rings. The fourth-order valence-electron chi connectivity index (χ4n) is 2.43. The van der Waals surface area contributed by atoms with Gasteiger partial charge < -0.3 is 15.4 Å². The van der Waals surface area contributed by atoms with Crippen LogP contribution in [0.5, 0.6) is 0 Å². The van der Waals surface area contributed by atoms with Crippen LogP contribution in [-0.2, 0) is 20.1 Å². The van der Waals surface area contributed by atoms with Crippen LogP contribution in [0, 0.1) is 0 Å². The van der Waals surface area contributed by atoms with Gasteiger partial charge in [-0.2, -0.15) is 11.8 Å². The Morgan fingerprint density at radius 2 is 1.64 bits per heavy atom. The zero-order valence-corrected chi connectivity index (χ0v) is 16.5. The number of rotatable bonds is 10. The molecule has 6 nitrogen and oxygen atoms in total. The van der Waals surface area contributed by atoms with E-state index in [1.807, 2.05) is 36.4 Å². The molecule has 0 aliphatic heterocycles. The molecule has 2 amide bonds. The zero-order valence-electron chi connectivity index (χ0n) is 15.7. The van der Waals surface area contributed by atoms with E-state index in [9.17, 15) is 14.4 Å². The van der Waals surface area contributed by atoms with Crippen LogP contribution in [0.15, 0.2) is 60.7 Å². The van der Waals surface area contributed by atoms with E-state index < -0.39 is 12.0 Å². The van der Waals surface area contributed by atoms with Gasteiger partial charge in [-0.05, 0) is 17.7 Å². The molecule has 148 valence electrons. The second-order valence-corrected chi connectivity index (χ2v) is 7.05. The number of hydrogen-bond donors (Lipinski definition) is 2. The van der Waals surface area contributed by atoms with Gasteiger partial charge in [-0.1, -0.05) is 48.5 Å². The summed E-state index contributed by atoms with van der Waals surface area (Å²) < 4.78 is 4.78. The predicted molar refractivity (Wildman–Crippen MR) is 110 cm³/mol. The third-order valence-electron chi connectivity index (χ3n) is 3.89. The van der Waals surface area contributed by atoms with Gasteiger partial charge in [0, 0.05) is 30.0 Å². The molecule has 0 aliphatic carbocycles. The molecule has 0 aromatic heterocycles. The van der Waals surface area contributed by atoms with Gasteiger partial charge in [0.2, 0.25) is 5.91 Å². The summed E-state index contributed by atoms with van der Waals surface area (Å²) >= 11 is 1.54. The van der Waals surface area contributed by atoms with Crippen LogP contribution in [0.4, 0.5) is 0 Å². The second-order valence-electron chi connectivity index (χ2n) is 6.02. The van der Waals surface area contributed by atoms with Crippen LogP contribution in [0.3, 0.4) is 0 Å². The molecule has 0 saturated heterocycles. The highest BCUT2D eigenvalue weighted by Crippen LogP contribution is 2.13. The van der Waals surface area contributed by atoms with Gasteiger partial charge in [0.05, 0.1) is 7.11 Å². The third kappa shape index (κ3) is 7.44. The van der Waals surface area contributed by atoms with Crippen molar-refractivity contribution in [2.75, 3.05) is 19.4 Å². The number of methoxy groups -OCH3 is 1. The molecule has 0 spiro atoms. The minimum absolute atomic E-state index is 0.0788. The van der Waals surface area contributed by atoms with Crippen molar-refractivity contribution >= 4 is 29.5 Å². The molecule has 0 fully saturated rings. The van der Waals surface area contributed by atoms with Crippen molar-refractivity contribution in [3.63, 3.8) is 0 Å². The molecule has 0 radical (unpaired) electrons. The number of thioether (sulfide) groups is 1. The quantitative estimate of drug-likeness (QED) is 0.598. The Bertz CT molecular complexity index is 768. The molecule has 1 unspecified atom stereocenters. The monoisotopic (exact) mass is 400 g/mol. The first-order chi connectivity index (χ1) is 13.6. The molecule has 2 aromatic rings. The number of esters is 1. The number of ether oxygens (including phenoxy) is 1. The Morgan fingerprint density at radius 1 is 1.00 bits per heavy atom. The summed E-state index contributed by atoms with van der Waals surface area (Å²) in [7, 11) is 1.30. The Morgan fingerprint density at radius 3 is 2.29 bits per heavy atom. The van der Waals surface area contributed by atoms with Crippen molar-refractivity contribution in [1.29, 1.82) is 0 Å². The van der Waals surface area contributed by atoms with Crippen LogP contribution in [-0.4, -0.2) is 43.2 Å². The van der Waals surface area contributed by atoms with E-state index in [-0.39, 0.29) is 24.8 Å². The Labute approximate surface area is 169 Å². The van der Waals surface area contributed by atoms with Gasteiger partial charge in [-0.3, -0.25) is 9.59 Å². The average molecular weight is 401 g/mol. The molecule has 2 aromatic carbocycles. The molecule has 7 heteroatoms. The lowest BCUT2D eigenvalue weighted by Crippen LogP contribution is -2.44. The van der Waals surface area contributed by atoms with Gasteiger partial charge in [-0.25, -0.2) is 4.79 Å². The van der Waals surface area contributed by atoms with Crippen LogP contribution in [0.25, 0.3) is 0 Å². The summed E-state index contributed by atoms with van der Waals surface area (Å²) in [6.45, 7) is 0.185. The lowest BCUT2D eigenvalue weighted by molar-refractivity contribution is -0.144. The molecule has 0 saturated carbocycles. The van der Waals surface area contributed by atoms with E-state index in [1.165, 1.54) is 7.11 Å². The third-order valence-corrected chi connectivity index (χ3v) is 5.00. The second kappa shape index (κ2) is 11.8. The standard InChI is InChI=1S/C21H24N2O4S/c1-27-21(26)18(15-28-14-16-8-4-2-5-9-16)23-19(24)12-13-22-20(25)17-10-6-3-7-11-17/h2-11,18H,12-15H2,1H3,(H,22,25)(H,23,24). The van der Waals surface area contributed by atoms with Crippen molar-refractivity contribution in [3.05, 3.63) is 71.8 Å². The fraction of sp³-hybridized carbons (Fsp3) is 0.286. The van der Waals surface area contributed by atoms with Crippen molar-refractivity contribution in [2.24, 2.45) is 0 Å². The maximum Gasteiger partial charge on any atom is 0.329 e. The highest BCUT2D eigenvalue weighted by molar-refractivity contribution is 7.98. The maximum atomic E-state index is 12.1. The van der Waals surface area contributed by atoms with E-state index in [2.05, 4.69) is 10.6 Å². The first kappa shape index (κ1) is 21.5. The molecule has 0 heterocycles. The summed E-state index contributed by atoms with van der Waals surface area (Å²) in [6.07, 6.45) is 0.0788. The average Bonchev–Trinajstić information content (AvgIpc) is 2.73. The van der Waals surface area contributed by atoms with E-state index >= 15 is 0 Å². The number of hydrogen-bond acceptors (Lipinski definition) is 5. The Hall–Kier alpha value is -2.80. The molecule has 28 heavy (non-hydrogen) atoms. The van der Waals surface area contributed by atoms with Crippen LogP contribution < -0.4 is 10.6 Å². The summed E-state index contributed by atoms with van der Waals surface area (Å²) in [5.74, 6) is 0.101. The lowest BCUT2D eigenvalue weighted by Gasteiger charge is -2.16. The number of carbonyl (C=O) groups excluding carboxylic acids is 3. The molecular formula is C21H24N2O4S. The highest BCUT2D eigenvalue weighted by atomic mass is 32.2. The molecule has 1 atom stereocenters.